The Bertz CT molecular complexity index is 318. The van der Waals surface area contributed by atoms with Crippen LogP contribution in [0, 0.1) is 11.3 Å². The summed E-state index contributed by atoms with van der Waals surface area (Å²) in [6.07, 6.45) is 0. The van der Waals surface area contributed by atoms with Gasteiger partial charge < -0.3 is 5.73 Å². The third-order valence-electron chi connectivity index (χ3n) is 2.02. The molecule has 3 heteroatoms. The molecule has 0 aliphatic rings. The zero-order valence-corrected chi connectivity index (χ0v) is 9.05. The molecule has 0 aromatic heterocycles. The first-order valence-electron chi connectivity index (χ1n) is 4.56. The van der Waals surface area contributed by atoms with Crippen LogP contribution in [0.5, 0.6) is 0 Å². The van der Waals surface area contributed by atoms with Gasteiger partial charge in [-0.05, 0) is 11.3 Å². The van der Waals surface area contributed by atoms with E-state index in [4.69, 9.17) is 11.0 Å². The number of thioether (sulfide) groups is 1. The van der Waals surface area contributed by atoms with E-state index in [1.807, 2.05) is 30.3 Å². The minimum absolute atomic E-state index is 0.643. The molecule has 1 aromatic carbocycles. The highest BCUT2D eigenvalue weighted by Gasteiger charge is 2.26. The van der Waals surface area contributed by atoms with E-state index in [1.54, 1.807) is 11.8 Å². The predicted octanol–water partition coefficient (Wildman–Crippen LogP) is 2.12. The average molecular weight is 206 g/mol. The summed E-state index contributed by atoms with van der Waals surface area (Å²) in [5.74, 6) is 1.62. The minimum atomic E-state index is -0.845. The van der Waals surface area contributed by atoms with Crippen molar-refractivity contribution in [1.29, 1.82) is 5.26 Å². The molecule has 0 radical (unpaired) electrons. The first kappa shape index (κ1) is 11.1. The molecule has 0 saturated heterocycles. The van der Waals surface area contributed by atoms with Crippen LogP contribution in [0.2, 0.25) is 0 Å². The van der Waals surface area contributed by atoms with Crippen molar-refractivity contribution in [2.45, 2.75) is 12.5 Å². The van der Waals surface area contributed by atoms with Crippen LogP contribution in [-0.2, 0) is 5.54 Å². The van der Waals surface area contributed by atoms with Crippen molar-refractivity contribution in [1.82, 2.24) is 0 Å². The Morgan fingerprint density at radius 3 is 2.57 bits per heavy atom. The molecule has 2 N–H and O–H groups in total. The van der Waals surface area contributed by atoms with Crippen molar-refractivity contribution >= 4 is 11.8 Å². The number of hydrogen-bond acceptors (Lipinski definition) is 3. The molecule has 0 aliphatic heterocycles. The second kappa shape index (κ2) is 5.04. The Labute approximate surface area is 89.1 Å². The van der Waals surface area contributed by atoms with Gasteiger partial charge in [0.15, 0.2) is 0 Å². The van der Waals surface area contributed by atoms with Crippen LogP contribution >= 0.6 is 11.8 Å². The van der Waals surface area contributed by atoms with Crippen LogP contribution in [0.25, 0.3) is 0 Å². The van der Waals surface area contributed by atoms with Crippen molar-refractivity contribution in [2.75, 3.05) is 11.5 Å². The Kier molecular flexibility index (Phi) is 3.99. The first-order valence-corrected chi connectivity index (χ1v) is 5.72. The molecule has 0 heterocycles. The van der Waals surface area contributed by atoms with Crippen molar-refractivity contribution in [3.05, 3.63) is 35.9 Å². The van der Waals surface area contributed by atoms with Crippen LogP contribution in [-0.4, -0.2) is 11.5 Å². The fraction of sp³-hybridized carbons (Fsp3) is 0.364. The molecule has 74 valence electrons. The Hall–Kier alpha value is -0.980. The summed E-state index contributed by atoms with van der Waals surface area (Å²) in [5, 5.41) is 9.08. The van der Waals surface area contributed by atoms with Gasteiger partial charge >= 0.3 is 0 Å². The fourth-order valence-electron chi connectivity index (χ4n) is 1.18. The molecule has 0 aliphatic carbocycles. The lowest BCUT2D eigenvalue weighted by atomic mass is 9.95. The Morgan fingerprint density at radius 2 is 2.07 bits per heavy atom. The molecule has 1 unspecified atom stereocenters. The maximum Gasteiger partial charge on any atom is 0.138 e. The highest BCUT2D eigenvalue weighted by atomic mass is 32.2. The second-order valence-electron chi connectivity index (χ2n) is 3.09. The smallest absolute Gasteiger partial charge is 0.138 e. The quantitative estimate of drug-likeness (QED) is 0.821. The summed E-state index contributed by atoms with van der Waals surface area (Å²) >= 11 is 1.69. The minimum Gasteiger partial charge on any atom is -0.309 e. The van der Waals surface area contributed by atoms with E-state index in [9.17, 15) is 0 Å². The average Bonchev–Trinajstić information content (AvgIpc) is 2.27. The molecular weight excluding hydrogens is 192 g/mol. The van der Waals surface area contributed by atoms with Crippen molar-refractivity contribution in [3.8, 4) is 6.07 Å². The maximum atomic E-state index is 9.08. The van der Waals surface area contributed by atoms with Crippen LogP contribution in [0.15, 0.2) is 30.3 Å². The number of nitriles is 1. The number of nitrogens with two attached hydrogens (primary N) is 1. The Balaban J connectivity index is 2.86. The topological polar surface area (TPSA) is 49.8 Å². The highest BCUT2D eigenvalue weighted by molar-refractivity contribution is 7.99. The lowest BCUT2D eigenvalue weighted by Crippen LogP contribution is -2.37. The Morgan fingerprint density at radius 1 is 1.43 bits per heavy atom. The second-order valence-corrected chi connectivity index (χ2v) is 4.36. The van der Waals surface area contributed by atoms with E-state index >= 15 is 0 Å². The highest BCUT2D eigenvalue weighted by Crippen LogP contribution is 2.21. The van der Waals surface area contributed by atoms with E-state index < -0.39 is 5.54 Å². The molecule has 0 amide bonds. The summed E-state index contributed by atoms with van der Waals surface area (Å²) in [6, 6.07) is 11.7. The molecule has 1 aromatic rings. The molecule has 1 atom stereocenters. The van der Waals surface area contributed by atoms with Gasteiger partial charge in [-0.15, -0.1) is 0 Å². The molecule has 1 rings (SSSR count). The molecule has 14 heavy (non-hydrogen) atoms. The third kappa shape index (κ3) is 2.50. The van der Waals surface area contributed by atoms with Crippen LogP contribution in [0.4, 0.5) is 0 Å². The third-order valence-corrected chi connectivity index (χ3v) is 3.09. The molecule has 0 fully saturated rings. The number of benzene rings is 1. The van der Waals surface area contributed by atoms with Crippen LogP contribution in [0.3, 0.4) is 0 Å². The summed E-state index contributed by atoms with van der Waals surface area (Å²) in [7, 11) is 0. The van der Waals surface area contributed by atoms with Gasteiger partial charge in [-0.3, -0.25) is 0 Å². The molecule has 2 nitrogen and oxygen atoms in total. The van der Waals surface area contributed by atoms with Gasteiger partial charge in [0, 0.05) is 5.75 Å². The summed E-state index contributed by atoms with van der Waals surface area (Å²) in [6.45, 7) is 2.06. The van der Waals surface area contributed by atoms with Crippen molar-refractivity contribution in [2.24, 2.45) is 5.73 Å². The summed E-state index contributed by atoms with van der Waals surface area (Å²) in [4.78, 5) is 0. The summed E-state index contributed by atoms with van der Waals surface area (Å²) < 4.78 is 0. The van der Waals surface area contributed by atoms with Gasteiger partial charge in [0.25, 0.3) is 0 Å². The van der Waals surface area contributed by atoms with E-state index in [-0.39, 0.29) is 0 Å². The van der Waals surface area contributed by atoms with Gasteiger partial charge in [0.1, 0.15) is 5.54 Å². The standard InChI is InChI=1S/C11H14N2S/c1-2-14-9-11(13,8-12)10-6-4-3-5-7-10/h3-7H,2,9,13H2,1H3. The van der Waals surface area contributed by atoms with E-state index in [2.05, 4.69) is 13.0 Å². The van der Waals surface area contributed by atoms with Crippen LogP contribution < -0.4 is 5.73 Å². The van der Waals surface area contributed by atoms with Gasteiger partial charge in [-0.1, -0.05) is 37.3 Å². The zero-order chi connectivity index (χ0) is 10.4. The predicted molar refractivity (Wildman–Crippen MR) is 60.9 cm³/mol. The van der Waals surface area contributed by atoms with Gasteiger partial charge in [0.2, 0.25) is 0 Å². The molecule has 0 saturated carbocycles. The lowest BCUT2D eigenvalue weighted by Gasteiger charge is -2.21. The van der Waals surface area contributed by atoms with E-state index in [0.29, 0.717) is 5.75 Å². The monoisotopic (exact) mass is 206 g/mol. The van der Waals surface area contributed by atoms with Gasteiger partial charge in [0.05, 0.1) is 6.07 Å². The SMILES string of the molecule is CCSCC(N)(C#N)c1ccccc1. The van der Waals surface area contributed by atoms with E-state index in [1.165, 1.54) is 0 Å². The number of rotatable bonds is 4. The van der Waals surface area contributed by atoms with E-state index in [0.717, 1.165) is 11.3 Å². The largest absolute Gasteiger partial charge is 0.309 e. The number of hydrogen-bond donors (Lipinski definition) is 1. The molecule has 0 bridgehead atoms. The number of nitrogens with zero attached hydrogens (tertiary/aromatic N) is 1. The molecular formula is C11H14N2S. The normalized spacial score (nSPS) is 14.4. The fourth-order valence-corrected chi connectivity index (χ4v) is 1.94. The van der Waals surface area contributed by atoms with Gasteiger partial charge in [-0.25, -0.2) is 0 Å². The first-order chi connectivity index (χ1) is 6.73. The maximum absolute atomic E-state index is 9.08. The van der Waals surface area contributed by atoms with Gasteiger partial charge in [-0.2, -0.15) is 17.0 Å². The van der Waals surface area contributed by atoms with Crippen LogP contribution in [0.1, 0.15) is 12.5 Å². The van der Waals surface area contributed by atoms with Crippen molar-refractivity contribution in [3.63, 3.8) is 0 Å². The summed E-state index contributed by atoms with van der Waals surface area (Å²) in [5.41, 5.74) is 6.07. The van der Waals surface area contributed by atoms with Crippen molar-refractivity contribution < 1.29 is 0 Å². The molecule has 0 spiro atoms. The zero-order valence-electron chi connectivity index (χ0n) is 8.23. The lowest BCUT2D eigenvalue weighted by molar-refractivity contribution is 0.659.